The molecule has 2 aliphatic rings. The second kappa shape index (κ2) is 11.2. The molecule has 9 nitrogen and oxygen atoms in total. The Balaban J connectivity index is 1.42. The molecule has 1 aromatic heterocycles. The van der Waals surface area contributed by atoms with E-state index in [1.165, 1.54) is 22.6 Å². The lowest BCUT2D eigenvalue weighted by Gasteiger charge is -2.32. The molecule has 12 heteroatoms. The predicted octanol–water partition coefficient (Wildman–Crippen LogP) is 3.51. The smallest absolute Gasteiger partial charge is 0.252 e. The third-order valence-electron chi connectivity index (χ3n) is 7.04. The van der Waals surface area contributed by atoms with Gasteiger partial charge in [-0.2, -0.15) is 5.10 Å². The van der Waals surface area contributed by atoms with Crippen LogP contribution in [0.15, 0.2) is 52.6 Å². The van der Waals surface area contributed by atoms with Gasteiger partial charge in [0.25, 0.3) is 5.96 Å². The second-order valence-electron chi connectivity index (χ2n) is 9.83. The lowest BCUT2D eigenvalue weighted by molar-refractivity contribution is 0.223. The van der Waals surface area contributed by atoms with Gasteiger partial charge in [-0.05, 0) is 61.7 Å². The molecule has 3 aromatic rings. The van der Waals surface area contributed by atoms with Crippen LogP contribution in [-0.4, -0.2) is 73.6 Å². The molecule has 1 fully saturated rings. The molecular weight excluding hydrogens is 526 g/mol. The average Bonchev–Trinajstić information content (AvgIpc) is 3.25. The fourth-order valence-corrected chi connectivity index (χ4v) is 5.57. The van der Waals surface area contributed by atoms with Gasteiger partial charge in [0.1, 0.15) is 27.1 Å². The third-order valence-corrected chi connectivity index (χ3v) is 7.96. The summed E-state index contributed by atoms with van der Waals surface area (Å²) >= 11 is 0. The molecular formula is C27H30F2N6O3S. The van der Waals surface area contributed by atoms with Gasteiger partial charge < -0.3 is 15.4 Å². The van der Waals surface area contributed by atoms with E-state index < -0.39 is 21.5 Å². The van der Waals surface area contributed by atoms with Gasteiger partial charge in [-0.15, -0.1) is 0 Å². The molecule has 5 rings (SSSR count). The number of aromatic nitrogens is 2. The van der Waals surface area contributed by atoms with Gasteiger partial charge in [-0.1, -0.05) is 6.07 Å². The van der Waals surface area contributed by atoms with E-state index in [2.05, 4.69) is 27.0 Å². The van der Waals surface area contributed by atoms with Crippen LogP contribution in [0.2, 0.25) is 0 Å². The first-order valence-corrected chi connectivity index (χ1v) is 14.8. The average molecular weight is 557 g/mol. The van der Waals surface area contributed by atoms with Crippen molar-refractivity contribution in [3.8, 4) is 17.0 Å². The molecule has 0 radical (unpaired) electrons. The molecule has 0 unspecified atom stereocenters. The van der Waals surface area contributed by atoms with Crippen molar-refractivity contribution in [1.82, 2.24) is 14.7 Å². The lowest BCUT2D eigenvalue weighted by Crippen LogP contribution is -2.36. The van der Waals surface area contributed by atoms with Crippen LogP contribution in [0.5, 0.6) is 5.75 Å². The summed E-state index contributed by atoms with van der Waals surface area (Å²) < 4.78 is 58.1. The second-order valence-corrected chi connectivity index (χ2v) is 12.1. The number of nitrogens with zero attached hydrogens (tertiary/aromatic N) is 5. The van der Waals surface area contributed by atoms with Gasteiger partial charge in [0, 0.05) is 42.6 Å². The zero-order valence-electron chi connectivity index (χ0n) is 21.6. The first kappa shape index (κ1) is 26.9. The van der Waals surface area contributed by atoms with E-state index in [9.17, 15) is 17.2 Å². The van der Waals surface area contributed by atoms with Crippen LogP contribution in [0.1, 0.15) is 29.9 Å². The summed E-state index contributed by atoms with van der Waals surface area (Å²) in [6, 6.07) is 9.27. The molecule has 2 aromatic carbocycles. The highest BCUT2D eigenvalue weighted by molar-refractivity contribution is 7.90. The Morgan fingerprint density at radius 2 is 2.00 bits per heavy atom. The van der Waals surface area contributed by atoms with E-state index in [4.69, 9.17) is 15.6 Å². The predicted molar refractivity (Wildman–Crippen MR) is 147 cm³/mol. The number of nitrogens with two attached hydrogens (primary N) is 1. The highest BCUT2D eigenvalue weighted by atomic mass is 32.2. The summed E-state index contributed by atoms with van der Waals surface area (Å²) in [4.78, 5) is 10.5. The maximum atomic E-state index is 14.3. The molecule has 0 atom stereocenters. The number of rotatable bonds is 5. The molecule has 0 spiro atoms. The molecule has 2 aliphatic heterocycles. The van der Waals surface area contributed by atoms with Crippen LogP contribution < -0.4 is 10.5 Å². The number of piperidine rings is 1. The zero-order valence-corrected chi connectivity index (χ0v) is 22.4. The third kappa shape index (κ3) is 6.34. The first-order chi connectivity index (χ1) is 18.7. The lowest BCUT2D eigenvalue weighted by atomic mass is 9.88. The number of fused-ring (bicyclic) bond motifs is 3. The summed E-state index contributed by atoms with van der Waals surface area (Å²) in [6.45, 7) is 2.69. The molecule has 0 amide bonds. The minimum Gasteiger partial charge on any atom is -0.493 e. The molecule has 0 saturated carbocycles. The first-order valence-electron chi connectivity index (χ1n) is 12.7. The quantitative estimate of drug-likeness (QED) is 0.380. The Bertz CT molecular complexity index is 1530. The van der Waals surface area contributed by atoms with Crippen molar-refractivity contribution in [1.29, 1.82) is 0 Å². The maximum Gasteiger partial charge on any atom is 0.252 e. The Morgan fingerprint density at radius 3 is 2.72 bits per heavy atom. The van der Waals surface area contributed by atoms with Gasteiger partial charge >= 0.3 is 0 Å². The highest BCUT2D eigenvalue weighted by Crippen LogP contribution is 2.38. The number of hydrogen-bond acceptors (Lipinski definition) is 6. The molecule has 3 heterocycles. The summed E-state index contributed by atoms with van der Waals surface area (Å²) in [7, 11) is -2.98. The van der Waals surface area contributed by atoms with Crippen molar-refractivity contribution in [2.75, 3.05) is 38.2 Å². The number of ether oxygens (including phenoxy) is 1. The topological polar surface area (TPSA) is 115 Å². The van der Waals surface area contributed by atoms with Gasteiger partial charge in [0.2, 0.25) is 0 Å². The van der Waals surface area contributed by atoms with Crippen LogP contribution in [0, 0.1) is 11.6 Å². The number of benzene rings is 2. The van der Waals surface area contributed by atoms with Crippen LogP contribution in [0.3, 0.4) is 0 Å². The SMILES string of the molecule is CS(=O)(=O)CCN1CCC(c2ccc3c(c2)-c2nn(C(N=CN)=Nc4ccc(F)cc4F)cc2CCO3)CC1. The van der Waals surface area contributed by atoms with E-state index in [0.29, 0.717) is 25.5 Å². The number of halogens is 2. The van der Waals surface area contributed by atoms with E-state index in [0.717, 1.165) is 67.0 Å². The Hall–Kier alpha value is -3.64. The minimum atomic E-state index is -2.98. The van der Waals surface area contributed by atoms with Crippen molar-refractivity contribution in [3.63, 3.8) is 0 Å². The van der Waals surface area contributed by atoms with Crippen molar-refractivity contribution in [2.45, 2.75) is 25.2 Å². The van der Waals surface area contributed by atoms with Crippen molar-refractivity contribution < 1.29 is 21.9 Å². The fraction of sp³-hybridized carbons (Fsp3) is 0.370. The molecule has 2 N–H and O–H groups in total. The Morgan fingerprint density at radius 1 is 1.21 bits per heavy atom. The van der Waals surface area contributed by atoms with Crippen molar-refractivity contribution in [2.24, 2.45) is 15.7 Å². The van der Waals surface area contributed by atoms with Crippen molar-refractivity contribution in [3.05, 3.63) is 65.4 Å². The van der Waals surface area contributed by atoms with Crippen LogP contribution in [-0.2, 0) is 16.3 Å². The Kier molecular flexibility index (Phi) is 7.76. The summed E-state index contributed by atoms with van der Waals surface area (Å²) in [5.41, 5.74) is 9.11. The fourth-order valence-electron chi connectivity index (χ4n) is 4.98. The largest absolute Gasteiger partial charge is 0.493 e. The highest BCUT2D eigenvalue weighted by Gasteiger charge is 2.25. The summed E-state index contributed by atoms with van der Waals surface area (Å²) in [5, 5.41) is 4.74. The zero-order chi connectivity index (χ0) is 27.6. The van der Waals surface area contributed by atoms with Gasteiger partial charge in [-0.3, -0.25) is 0 Å². The molecule has 206 valence electrons. The minimum absolute atomic E-state index is 0.0381. The van der Waals surface area contributed by atoms with Gasteiger partial charge in [-0.25, -0.2) is 31.9 Å². The number of hydrogen-bond donors (Lipinski definition) is 1. The van der Waals surface area contributed by atoms with E-state index in [1.807, 2.05) is 6.07 Å². The standard InChI is InChI=1S/C27H30F2N6O3S/c1-39(36,37)13-11-34-9-6-18(7-10-34)19-2-5-25-22(14-19)26-20(8-12-38-25)16-35(33-26)27(31-17-30)32-24-4-3-21(28)15-23(24)29/h2-5,14-18H,6-13H2,1H3,(H2,30,31,32). The number of likely N-dealkylation sites (tertiary alicyclic amines) is 1. The van der Waals surface area contributed by atoms with Gasteiger partial charge in [0.15, 0.2) is 5.82 Å². The maximum absolute atomic E-state index is 14.3. The van der Waals surface area contributed by atoms with E-state index >= 15 is 0 Å². The number of aliphatic imine (C=N–C) groups is 2. The van der Waals surface area contributed by atoms with E-state index in [1.54, 1.807) is 6.20 Å². The Labute approximate surface area is 225 Å². The monoisotopic (exact) mass is 556 g/mol. The summed E-state index contributed by atoms with van der Waals surface area (Å²) in [5.74, 6) is -0.256. The molecule has 39 heavy (non-hydrogen) atoms. The van der Waals surface area contributed by atoms with Crippen LogP contribution in [0.4, 0.5) is 14.5 Å². The van der Waals surface area contributed by atoms with Crippen LogP contribution in [0.25, 0.3) is 11.3 Å². The number of sulfone groups is 1. The molecule has 0 aliphatic carbocycles. The molecule has 0 bridgehead atoms. The normalized spacial score (nSPS) is 17.1. The summed E-state index contributed by atoms with van der Waals surface area (Å²) in [6.07, 6.45) is 6.54. The molecule has 1 saturated heterocycles. The van der Waals surface area contributed by atoms with Crippen molar-refractivity contribution >= 4 is 27.8 Å². The van der Waals surface area contributed by atoms with Gasteiger partial charge in [0.05, 0.1) is 24.4 Å². The van der Waals surface area contributed by atoms with Crippen LogP contribution >= 0.6 is 0 Å². The van der Waals surface area contributed by atoms with E-state index in [-0.39, 0.29) is 17.4 Å².